The second-order valence-corrected chi connectivity index (χ2v) is 11.2. The Balaban J connectivity index is 1.33. The van der Waals surface area contributed by atoms with Gasteiger partial charge in [-0.3, -0.25) is 4.79 Å². The van der Waals surface area contributed by atoms with Crippen LogP contribution in [0.25, 0.3) is 0 Å². The van der Waals surface area contributed by atoms with Gasteiger partial charge in [0.05, 0.1) is 5.71 Å². The molecule has 0 heterocycles. The van der Waals surface area contributed by atoms with Gasteiger partial charge in [0.1, 0.15) is 12.4 Å². The summed E-state index contributed by atoms with van der Waals surface area (Å²) in [5.74, 6) is 3.62. The van der Waals surface area contributed by atoms with Crippen LogP contribution in [0.2, 0.25) is 0 Å². The summed E-state index contributed by atoms with van der Waals surface area (Å²) in [6.45, 7) is 7.92. The highest BCUT2D eigenvalue weighted by atomic mass is 16.6. The average molecular weight is 402 g/mol. The molecule has 0 aliphatic heterocycles. The monoisotopic (exact) mass is 401 g/mol. The lowest BCUT2D eigenvalue weighted by molar-refractivity contribution is -0.137. The maximum Gasteiger partial charge on any atom is 0.139 e. The van der Waals surface area contributed by atoms with E-state index < -0.39 is 0 Å². The molecule has 6 atom stereocenters. The summed E-state index contributed by atoms with van der Waals surface area (Å²) in [4.78, 5) is 18.3. The van der Waals surface area contributed by atoms with Gasteiger partial charge in [-0.15, -0.1) is 0 Å². The smallest absolute Gasteiger partial charge is 0.139 e. The summed E-state index contributed by atoms with van der Waals surface area (Å²) in [6, 6.07) is 0. The summed E-state index contributed by atoms with van der Waals surface area (Å²) in [5.41, 5.74) is 1.78. The molecule has 0 aromatic heterocycles. The number of hydrogen-bond acceptors (Lipinski definition) is 3. The number of unbranched alkanes of at least 4 members (excludes halogenated alkanes) is 4. The van der Waals surface area contributed by atoms with Gasteiger partial charge in [-0.25, -0.2) is 0 Å². The van der Waals surface area contributed by atoms with E-state index in [1.165, 1.54) is 57.1 Å². The lowest BCUT2D eigenvalue weighted by Gasteiger charge is -2.59. The Labute approximate surface area is 178 Å². The minimum Gasteiger partial charge on any atom is -0.396 e. The molecule has 4 saturated carbocycles. The zero-order valence-electron chi connectivity index (χ0n) is 19.2. The van der Waals surface area contributed by atoms with E-state index in [9.17, 15) is 4.79 Å². The number of rotatable bonds is 7. The number of Topliss-reactive ketones (excluding diaryl/α,β-unsaturated/α-hetero) is 1. The van der Waals surface area contributed by atoms with E-state index in [2.05, 4.69) is 25.9 Å². The van der Waals surface area contributed by atoms with E-state index in [1.807, 2.05) is 0 Å². The first-order valence-electron chi connectivity index (χ1n) is 12.7. The minimum absolute atomic E-state index is 0.0105. The van der Waals surface area contributed by atoms with Crippen molar-refractivity contribution in [1.82, 2.24) is 0 Å². The van der Waals surface area contributed by atoms with E-state index in [1.54, 1.807) is 0 Å². The molecule has 0 amide bonds. The van der Waals surface area contributed by atoms with Crippen LogP contribution >= 0.6 is 0 Å². The third-order valence-corrected chi connectivity index (χ3v) is 9.74. The van der Waals surface area contributed by atoms with Crippen LogP contribution in [0.1, 0.15) is 111 Å². The molecular formula is C26H43NO2. The van der Waals surface area contributed by atoms with Crippen LogP contribution < -0.4 is 0 Å². The second-order valence-electron chi connectivity index (χ2n) is 11.2. The van der Waals surface area contributed by atoms with Gasteiger partial charge >= 0.3 is 0 Å². The number of ketones is 1. The van der Waals surface area contributed by atoms with Crippen molar-refractivity contribution in [3.8, 4) is 0 Å². The van der Waals surface area contributed by atoms with Crippen molar-refractivity contribution in [3.05, 3.63) is 0 Å². The van der Waals surface area contributed by atoms with Gasteiger partial charge in [-0.05, 0) is 93.3 Å². The zero-order valence-corrected chi connectivity index (χ0v) is 19.2. The normalized spacial score (nSPS) is 43.0. The predicted molar refractivity (Wildman–Crippen MR) is 119 cm³/mol. The van der Waals surface area contributed by atoms with Crippen LogP contribution in [0.3, 0.4) is 0 Å². The standard InChI is InChI=1S/C26H43NO2/c1-4-5-6-7-8-17-29-27-20-13-15-25(2)19(18-20)9-10-21-22-11-12-24(28)26(22,3)16-14-23(21)25/h19,21-23H,4-18H2,1-3H3/t19?,21?,22?,23?,25-,26-/m0/s1. The Bertz CT molecular complexity index is 628. The van der Waals surface area contributed by atoms with Crippen LogP contribution in [-0.4, -0.2) is 18.1 Å². The molecule has 4 rings (SSSR count). The molecule has 4 fully saturated rings. The van der Waals surface area contributed by atoms with Crippen molar-refractivity contribution >= 4 is 11.5 Å². The van der Waals surface area contributed by atoms with E-state index in [-0.39, 0.29) is 5.41 Å². The maximum atomic E-state index is 12.6. The SMILES string of the molecule is CCCCCCCON=C1CC[C@@]2(C)C(CCC3C2CC[C@]2(C)C(=O)CCC32)C1. The van der Waals surface area contributed by atoms with Crippen LogP contribution in [0.15, 0.2) is 5.16 Å². The predicted octanol–water partition coefficient (Wildman–Crippen LogP) is 6.94. The van der Waals surface area contributed by atoms with Crippen LogP contribution in [0.5, 0.6) is 0 Å². The van der Waals surface area contributed by atoms with Crippen molar-refractivity contribution in [3.63, 3.8) is 0 Å². The van der Waals surface area contributed by atoms with Gasteiger partial charge in [0, 0.05) is 11.8 Å². The van der Waals surface area contributed by atoms with Crippen LogP contribution in [0.4, 0.5) is 0 Å². The zero-order chi connectivity index (χ0) is 20.5. The van der Waals surface area contributed by atoms with Gasteiger partial charge in [0.2, 0.25) is 0 Å². The van der Waals surface area contributed by atoms with E-state index in [0.717, 1.165) is 62.9 Å². The highest BCUT2D eigenvalue weighted by Crippen LogP contribution is 2.65. The first-order valence-corrected chi connectivity index (χ1v) is 12.7. The molecule has 0 N–H and O–H groups in total. The molecule has 3 heteroatoms. The van der Waals surface area contributed by atoms with Crippen molar-refractivity contribution in [2.24, 2.45) is 39.7 Å². The van der Waals surface area contributed by atoms with E-state index in [4.69, 9.17) is 4.84 Å². The number of oxime groups is 1. The molecule has 4 aliphatic rings. The summed E-state index contributed by atoms with van der Waals surface area (Å²) >= 11 is 0. The molecule has 164 valence electrons. The number of hydrogen-bond donors (Lipinski definition) is 0. The summed E-state index contributed by atoms with van der Waals surface area (Å²) in [7, 11) is 0. The molecular weight excluding hydrogens is 358 g/mol. The van der Waals surface area contributed by atoms with Crippen LogP contribution in [0, 0.1) is 34.5 Å². The molecule has 4 unspecified atom stereocenters. The molecule has 29 heavy (non-hydrogen) atoms. The Kier molecular flexibility index (Phi) is 6.42. The highest BCUT2D eigenvalue weighted by molar-refractivity contribution is 5.87. The van der Waals surface area contributed by atoms with Gasteiger partial charge in [-0.2, -0.15) is 0 Å². The third-order valence-electron chi connectivity index (χ3n) is 9.74. The van der Waals surface area contributed by atoms with Crippen LogP contribution in [-0.2, 0) is 9.63 Å². The van der Waals surface area contributed by atoms with Gasteiger partial charge < -0.3 is 4.84 Å². The lowest BCUT2D eigenvalue weighted by Crippen LogP contribution is -2.53. The molecule has 0 bridgehead atoms. The summed E-state index contributed by atoms with van der Waals surface area (Å²) < 4.78 is 0. The number of fused-ring (bicyclic) bond motifs is 5. The lowest BCUT2D eigenvalue weighted by atomic mass is 9.45. The summed E-state index contributed by atoms with van der Waals surface area (Å²) in [5, 5.41) is 4.57. The van der Waals surface area contributed by atoms with E-state index in [0.29, 0.717) is 17.1 Å². The fraction of sp³-hybridized carbons (Fsp3) is 0.923. The molecule has 0 saturated heterocycles. The topological polar surface area (TPSA) is 38.7 Å². The third kappa shape index (κ3) is 3.92. The molecule has 0 aromatic rings. The molecule has 0 spiro atoms. The fourth-order valence-corrected chi connectivity index (χ4v) is 7.82. The molecule has 0 radical (unpaired) electrons. The Morgan fingerprint density at radius 2 is 1.79 bits per heavy atom. The second kappa shape index (κ2) is 8.71. The molecule has 0 aromatic carbocycles. The van der Waals surface area contributed by atoms with Crippen molar-refractivity contribution in [2.45, 2.75) is 111 Å². The Morgan fingerprint density at radius 3 is 2.62 bits per heavy atom. The van der Waals surface area contributed by atoms with E-state index >= 15 is 0 Å². The van der Waals surface area contributed by atoms with Crippen molar-refractivity contribution < 1.29 is 9.63 Å². The van der Waals surface area contributed by atoms with Gasteiger partial charge in [0.25, 0.3) is 0 Å². The average Bonchev–Trinajstić information content (AvgIpc) is 3.02. The molecule has 3 nitrogen and oxygen atoms in total. The largest absolute Gasteiger partial charge is 0.396 e. The highest BCUT2D eigenvalue weighted by Gasteiger charge is 2.60. The maximum absolute atomic E-state index is 12.6. The fourth-order valence-electron chi connectivity index (χ4n) is 7.82. The Hall–Kier alpha value is -0.860. The van der Waals surface area contributed by atoms with Gasteiger partial charge in [-0.1, -0.05) is 45.2 Å². The first-order chi connectivity index (χ1) is 14.0. The van der Waals surface area contributed by atoms with Crippen molar-refractivity contribution in [1.29, 1.82) is 0 Å². The molecule has 4 aliphatic carbocycles. The number of carbonyl (C=O) groups excluding carboxylic acids is 1. The number of carbonyl (C=O) groups is 1. The Morgan fingerprint density at radius 1 is 0.966 bits per heavy atom. The number of nitrogens with zero attached hydrogens (tertiary/aromatic N) is 1. The van der Waals surface area contributed by atoms with Gasteiger partial charge in [0.15, 0.2) is 0 Å². The summed E-state index contributed by atoms with van der Waals surface area (Å²) in [6.07, 6.45) is 17.0. The van der Waals surface area contributed by atoms with Crippen molar-refractivity contribution in [2.75, 3.05) is 6.61 Å². The minimum atomic E-state index is 0.0105. The first kappa shape index (κ1) is 21.4. The quantitative estimate of drug-likeness (QED) is 0.342.